The number of carbonyl (C=O) groups excluding carboxylic acids is 3. The molecule has 0 bridgehead atoms. The van der Waals surface area contributed by atoms with E-state index in [1.54, 1.807) is 53.4 Å². The molecule has 1 heterocycles. The van der Waals surface area contributed by atoms with Gasteiger partial charge < -0.3 is 26.8 Å². The van der Waals surface area contributed by atoms with Gasteiger partial charge >= 0.3 is 5.97 Å². The van der Waals surface area contributed by atoms with Crippen LogP contribution in [-0.4, -0.2) is 65.8 Å². The van der Waals surface area contributed by atoms with Crippen molar-refractivity contribution in [1.82, 2.24) is 9.80 Å². The molecule has 0 spiro atoms. The summed E-state index contributed by atoms with van der Waals surface area (Å²) in [6.07, 6.45) is 0. The van der Waals surface area contributed by atoms with Gasteiger partial charge in [-0.2, -0.15) is 0 Å². The molecule has 1 aliphatic rings. The number of esters is 1. The molecular weight excluding hydrogens is 507 g/mol. The van der Waals surface area contributed by atoms with Crippen LogP contribution in [0.5, 0.6) is 5.75 Å². The zero-order chi connectivity index (χ0) is 24.8. The number of rotatable bonds is 7. The molecule has 196 valence electrons. The molecule has 6 N–H and O–H groups in total. The van der Waals surface area contributed by atoms with Crippen molar-refractivity contribution in [3.05, 3.63) is 59.7 Å². The molecule has 10 nitrogen and oxygen atoms in total. The lowest BCUT2D eigenvalue weighted by molar-refractivity contribution is -0.125. The first kappa shape index (κ1) is 30.7. The van der Waals surface area contributed by atoms with Crippen molar-refractivity contribution in [2.75, 3.05) is 26.2 Å². The molecule has 1 saturated heterocycles. The van der Waals surface area contributed by atoms with Crippen LogP contribution >= 0.6 is 24.8 Å². The maximum Gasteiger partial charge on any atom is 0.343 e. The highest BCUT2D eigenvalue weighted by Gasteiger charge is 2.31. The minimum atomic E-state index is -0.541. The SMILES string of the molecule is CC(C)C(C(N)=O)N1CCN(C(=O)c2ccc(OC(=O)c3ccc(N=C(N)N)cc3)cc2)CC1.Cl.Cl. The van der Waals surface area contributed by atoms with Gasteiger partial charge in [0.1, 0.15) is 5.75 Å². The normalized spacial score (nSPS) is 14.1. The summed E-state index contributed by atoms with van der Waals surface area (Å²) in [4.78, 5) is 44.7. The highest BCUT2D eigenvalue weighted by Crippen LogP contribution is 2.19. The number of ether oxygens (including phenoxy) is 1. The highest BCUT2D eigenvalue weighted by molar-refractivity contribution is 5.95. The Balaban J connectivity index is 0.00000324. The molecule has 0 radical (unpaired) electrons. The van der Waals surface area contributed by atoms with E-state index in [-0.39, 0.29) is 54.5 Å². The largest absolute Gasteiger partial charge is 0.423 e. The zero-order valence-electron chi connectivity index (χ0n) is 20.1. The number of hydrogen-bond donors (Lipinski definition) is 3. The number of aliphatic imine (C=N–C) groups is 1. The third-order valence-electron chi connectivity index (χ3n) is 5.59. The molecule has 2 amide bonds. The van der Waals surface area contributed by atoms with Crippen LogP contribution in [0.2, 0.25) is 0 Å². The van der Waals surface area contributed by atoms with E-state index in [9.17, 15) is 14.4 Å². The molecule has 1 aliphatic heterocycles. The number of halogens is 2. The van der Waals surface area contributed by atoms with Gasteiger partial charge in [-0.1, -0.05) is 13.8 Å². The molecular formula is C24H32Cl2N6O4. The summed E-state index contributed by atoms with van der Waals surface area (Å²) in [6.45, 7) is 6.08. The van der Waals surface area contributed by atoms with Crippen molar-refractivity contribution < 1.29 is 19.1 Å². The minimum absolute atomic E-state index is 0. The van der Waals surface area contributed by atoms with Gasteiger partial charge in [0, 0.05) is 31.7 Å². The van der Waals surface area contributed by atoms with Gasteiger partial charge in [-0.25, -0.2) is 9.79 Å². The van der Waals surface area contributed by atoms with E-state index >= 15 is 0 Å². The van der Waals surface area contributed by atoms with E-state index in [0.29, 0.717) is 48.7 Å². The van der Waals surface area contributed by atoms with Crippen LogP contribution < -0.4 is 21.9 Å². The van der Waals surface area contributed by atoms with Crippen LogP contribution in [0.4, 0.5) is 5.69 Å². The van der Waals surface area contributed by atoms with E-state index in [1.807, 2.05) is 18.7 Å². The fourth-order valence-electron chi connectivity index (χ4n) is 3.97. The first-order valence-corrected chi connectivity index (χ1v) is 11.0. The Morgan fingerprint density at radius 2 is 1.36 bits per heavy atom. The molecule has 3 rings (SSSR count). The van der Waals surface area contributed by atoms with Crippen molar-refractivity contribution in [1.29, 1.82) is 0 Å². The molecule has 2 aromatic carbocycles. The number of carbonyl (C=O) groups is 3. The Morgan fingerprint density at radius 1 is 0.833 bits per heavy atom. The van der Waals surface area contributed by atoms with Crippen LogP contribution in [0, 0.1) is 5.92 Å². The summed E-state index contributed by atoms with van der Waals surface area (Å²) < 4.78 is 5.39. The summed E-state index contributed by atoms with van der Waals surface area (Å²) in [5.41, 5.74) is 17.6. The predicted molar refractivity (Wildman–Crippen MR) is 143 cm³/mol. The van der Waals surface area contributed by atoms with Gasteiger partial charge in [0.05, 0.1) is 17.3 Å². The fraction of sp³-hybridized carbons (Fsp3) is 0.333. The van der Waals surface area contributed by atoms with Crippen LogP contribution in [0.25, 0.3) is 0 Å². The lowest BCUT2D eigenvalue weighted by Gasteiger charge is -2.39. The summed E-state index contributed by atoms with van der Waals surface area (Å²) in [5.74, 6) is -0.650. The maximum absolute atomic E-state index is 12.9. The average molecular weight is 539 g/mol. The second-order valence-electron chi connectivity index (χ2n) is 8.42. The number of primary amides is 1. The standard InChI is InChI=1S/C24H30N6O4.2ClH/c1-15(2)20(21(25)31)29-11-13-30(14-12-29)22(32)16-5-9-19(10-6-16)34-23(33)17-3-7-18(8-4-17)28-24(26)27;;/h3-10,15,20H,11-14H2,1-2H3,(H2,25,31)(H4,26,27,28);2*1H. The Morgan fingerprint density at radius 3 is 1.83 bits per heavy atom. The molecule has 0 saturated carbocycles. The molecule has 0 aliphatic carbocycles. The molecule has 1 fully saturated rings. The molecule has 12 heteroatoms. The summed E-state index contributed by atoms with van der Waals surface area (Å²) in [6, 6.07) is 12.4. The number of nitrogens with zero attached hydrogens (tertiary/aromatic N) is 3. The van der Waals surface area contributed by atoms with Crippen molar-refractivity contribution in [2.45, 2.75) is 19.9 Å². The smallest absolute Gasteiger partial charge is 0.343 e. The third kappa shape index (κ3) is 7.84. The van der Waals surface area contributed by atoms with Crippen molar-refractivity contribution in [2.24, 2.45) is 28.1 Å². The monoisotopic (exact) mass is 538 g/mol. The maximum atomic E-state index is 12.9. The summed E-state index contributed by atoms with van der Waals surface area (Å²) in [7, 11) is 0. The van der Waals surface area contributed by atoms with Gasteiger partial charge in [-0.05, 0) is 54.4 Å². The van der Waals surface area contributed by atoms with E-state index in [0.717, 1.165) is 0 Å². The number of amides is 2. The van der Waals surface area contributed by atoms with Crippen molar-refractivity contribution in [3.63, 3.8) is 0 Å². The molecule has 0 aromatic heterocycles. The van der Waals surface area contributed by atoms with Gasteiger partial charge in [0.25, 0.3) is 5.91 Å². The number of guanidine groups is 1. The van der Waals surface area contributed by atoms with Crippen LogP contribution in [-0.2, 0) is 4.79 Å². The fourth-order valence-corrected chi connectivity index (χ4v) is 3.97. The Labute approximate surface area is 222 Å². The number of benzene rings is 2. The Hall–Kier alpha value is -3.34. The average Bonchev–Trinajstić information content (AvgIpc) is 2.79. The van der Waals surface area contributed by atoms with E-state index in [1.165, 1.54) is 0 Å². The number of piperazine rings is 1. The molecule has 1 atom stereocenters. The van der Waals surface area contributed by atoms with E-state index in [2.05, 4.69) is 4.99 Å². The first-order valence-electron chi connectivity index (χ1n) is 11.0. The highest BCUT2D eigenvalue weighted by atomic mass is 35.5. The van der Waals surface area contributed by atoms with Crippen molar-refractivity contribution >= 4 is 54.2 Å². The van der Waals surface area contributed by atoms with E-state index < -0.39 is 5.97 Å². The van der Waals surface area contributed by atoms with Crippen LogP contribution in [0.15, 0.2) is 53.5 Å². The second kappa shape index (κ2) is 13.7. The van der Waals surface area contributed by atoms with Crippen molar-refractivity contribution in [3.8, 4) is 5.75 Å². The Kier molecular flexibility index (Phi) is 11.7. The number of nitrogens with two attached hydrogens (primary N) is 3. The van der Waals surface area contributed by atoms with Gasteiger partial charge in [0.2, 0.25) is 5.91 Å². The summed E-state index contributed by atoms with van der Waals surface area (Å²) in [5, 5.41) is 0. The second-order valence-corrected chi connectivity index (χ2v) is 8.42. The van der Waals surface area contributed by atoms with Gasteiger partial charge in [-0.15, -0.1) is 24.8 Å². The lowest BCUT2D eigenvalue weighted by atomic mass is 10.0. The number of hydrogen-bond acceptors (Lipinski definition) is 6. The van der Waals surface area contributed by atoms with Crippen LogP contribution in [0.1, 0.15) is 34.6 Å². The topological polar surface area (TPSA) is 157 Å². The minimum Gasteiger partial charge on any atom is -0.423 e. The predicted octanol–water partition coefficient (Wildman–Crippen LogP) is 1.92. The van der Waals surface area contributed by atoms with Crippen LogP contribution in [0.3, 0.4) is 0 Å². The lowest BCUT2D eigenvalue weighted by Crippen LogP contribution is -2.56. The van der Waals surface area contributed by atoms with Gasteiger partial charge in [-0.3, -0.25) is 14.5 Å². The quantitative estimate of drug-likeness (QED) is 0.210. The van der Waals surface area contributed by atoms with Gasteiger partial charge in [0.15, 0.2) is 5.96 Å². The first-order chi connectivity index (χ1) is 16.2. The zero-order valence-corrected chi connectivity index (χ0v) is 21.8. The Bertz CT molecular complexity index is 1070. The van der Waals surface area contributed by atoms with E-state index in [4.69, 9.17) is 21.9 Å². The molecule has 1 unspecified atom stereocenters. The summed E-state index contributed by atoms with van der Waals surface area (Å²) >= 11 is 0. The third-order valence-corrected chi connectivity index (χ3v) is 5.59. The molecule has 36 heavy (non-hydrogen) atoms. The molecule has 2 aromatic rings.